The number of amides is 2. The maximum absolute atomic E-state index is 12.4. The van der Waals surface area contributed by atoms with Crippen molar-refractivity contribution in [1.29, 1.82) is 0 Å². The van der Waals surface area contributed by atoms with Crippen LogP contribution in [0, 0.1) is 5.92 Å². The Morgan fingerprint density at radius 1 is 1.11 bits per heavy atom. The number of carbonyl (C=O) groups excluding carboxylic acids is 2. The number of pyridine rings is 1. The van der Waals surface area contributed by atoms with Gasteiger partial charge in [0.15, 0.2) is 0 Å². The normalized spacial score (nSPS) is 16.4. The first-order valence-electron chi connectivity index (χ1n) is 9.84. The summed E-state index contributed by atoms with van der Waals surface area (Å²) in [6.45, 7) is 2.83. The zero-order chi connectivity index (χ0) is 19.8. The molecule has 1 atom stereocenters. The summed E-state index contributed by atoms with van der Waals surface area (Å²) in [6, 6.07) is 13.0. The maximum Gasteiger partial charge on any atom is 0.240 e. The predicted molar refractivity (Wildman–Crippen MR) is 108 cm³/mol. The molecule has 2 heterocycles. The summed E-state index contributed by atoms with van der Waals surface area (Å²) >= 11 is 0. The lowest BCUT2D eigenvalue weighted by Crippen LogP contribution is -2.46. The fourth-order valence-electron chi connectivity index (χ4n) is 3.69. The van der Waals surface area contributed by atoms with Crippen LogP contribution in [0.1, 0.15) is 30.4 Å². The van der Waals surface area contributed by atoms with Crippen molar-refractivity contribution in [2.24, 2.45) is 11.7 Å². The smallest absolute Gasteiger partial charge is 0.240 e. The fraction of sp³-hybridized carbons (Fsp3) is 0.409. The number of nitrogens with zero attached hydrogens (tertiary/aromatic N) is 2. The van der Waals surface area contributed by atoms with E-state index in [9.17, 15) is 9.59 Å². The van der Waals surface area contributed by atoms with Crippen molar-refractivity contribution in [1.82, 2.24) is 15.2 Å². The molecule has 1 aliphatic heterocycles. The molecule has 0 saturated carbocycles. The first-order chi connectivity index (χ1) is 13.6. The van der Waals surface area contributed by atoms with Crippen molar-refractivity contribution < 1.29 is 9.59 Å². The summed E-state index contributed by atoms with van der Waals surface area (Å²) in [5.41, 5.74) is 7.69. The van der Waals surface area contributed by atoms with Crippen molar-refractivity contribution >= 4 is 11.8 Å². The SMILES string of the molecule is NC(=O)[C@H](Cc1ccccc1)NC(=O)CC1CCN(Cc2cccnc2)CC1. The summed E-state index contributed by atoms with van der Waals surface area (Å²) in [4.78, 5) is 30.7. The van der Waals surface area contributed by atoms with Crippen molar-refractivity contribution in [3.05, 3.63) is 66.0 Å². The van der Waals surface area contributed by atoms with Gasteiger partial charge in [0, 0.05) is 31.8 Å². The Hall–Kier alpha value is -2.73. The van der Waals surface area contributed by atoms with E-state index in [0.717, 1.165) is 38.0 Å². The van der Waals surface area contributed by atoms with Crippen LogP contribution in [-0.4, -0.2) is 40.8 Å². The minimum atomic E-state index is -0.666. The lowest BCUT2D eigenvalue weighted by atomic mass is 9.92. The van der Waals surface area contributed by atoms with E-state index in [1.807, 2.05) is 42.6 Å². The highest BCUT2D eigenvalue weighted by Crippen LogP contribution is 2.21. The Morgan fingerprint density at radius 2 is 1.82 bits per heavy atom. The molecule has 1 aromatic carbocycles. The van der Waals surface area contributed by atoms with Crippen LogP contribution in [-0.2, 0) is 22.6 Å². The molecule has 1 fully saturated rings. The first kappa shape index (κ1) is 20.0. The molecule has 2 amide bonds. The van der Waals surface area contributed by atoms with Gasteiger partial charge in [0.25, 0.3) is 0 Å². The van der Waals surface area contributed by atoms with E-state index in [1.165, 1.54) is 5.56 Å². The molecule has 2 aromatic rings. The number of nitrogens with two attached hydrogens (primary N) is 1. The van der Waals surface area contributed by atoms with Gasteiger partial charge in [-0.2, -0.15) is 0 Å². The first-order valence-corrected chi connectivity index (χ1v) is 9.84. The number of primary amides is 1. The number of hydrogen-bond donors (Lipinski definition) is 2. The number of benzene rings is 1. The standard InChI is InChI=1S/C22H28N4O2/c23-22(28)20(13-17-5-2-1-3-6-17)25-21(27)14-18-8-11-26(12-9-18)16-19-7-4-10-24-15-19/h1-7,10,15,18,20H,8-9,11-14,16H2,(H2,23,28)(H,25,27)/t20-/m0/s1. The number of piperidine rings is 1. The number of likely N-dealkylation sites (tertiary alicyclic amines) is 1. The molecule has 1 aliphatic rings. The van der Waals surface area contributed by atoms with E-state index >= 15 is 0 Å². The number of hydrogen-bond acceptors (Lipinski definition) is 4. The molecule has 1 saturated heterocycles. The van der Waals surface area contributed by atoms with Crippen LogP contribution >= 0.6 is 0 Å². The summed E-state index contributed by atoms with van der Waals surface area (Å²) in [5.74, 6) is -0.246. The Labute approximate surface area is 166 Å². The molecule has 0 radical (unpaired) electrons. The van der Waals surface area contributed by atoms with Gasteiger partial charge in [-0.1, -0.05) is 36.4 Å². The average molecular weight is 380 g/mol. The van der Waals surface area contributed by atoms with E-state index in [1.54, 1.807) is 6.20 Å². The largest absolute Gasteiger partial charge is 0.368 e. The minimum Gasteiger partial charge on any atom is -0.368 e. The Bertz CT molecular complexity index is 759. The topological polar surface area (TPSA) is 88.3 Å². The Morgan fingerprint density at radius 3 is 2.46 bits per heavy atom. The van der Waals surface area contributed by atoms with Crippen molar-refractivity contribution in [3.63, 3.8) is 0 Å². The fourth-order valence-corrected chi connectivity index (χ4v) is 3.69. The lowest BCUT2D eigenvalue weighted by Gasteiger charge is -2.31. The number of aromatic nitrogens is 1. The second kappa shape index (κ2) is 9.99. The monoisotopic (exact) mass is 380 g/mol. The Kier molecular flexibility index (Phi) is 7.14. The van der Waals surface area contributed by atoms with E-state index in [-0.39, 0.29) is 5.91 Å². The van der Waals surface area contributed by atoms with E-state index in [4.69, 9.17) is 5.73 Å². The van der Waals surface area contributed by atoms with Crippen LogP contribution < -0.4 is 11.1 Å². The van der Waals surface area contributed by atoms with Crippen LogP contribution in [0.25, 0.3) is 0 Å². The zero-order valence-corrected chi connectivity index (χ0v) is 16.1. The second-order valence-corrected chi connectivity index (χ2v) is 7.50. The van der Waals surface area contributed by atoms with E-state index < -0.39 is 11.9 Å². The highest BCUT2D eigenvalue weighted by atomic mass is 16.2. The maximum atomic E-state index is 12.4. The summed E-state index contributed by atoms with van der Waals surface area (Å²) in [5, 5.41) is 2.83. The van der Waals surface area contributed by atoms with E-state index in [0.29, 0.717) is 18.8 Å². The van der Waals surface area contributed by atoms with Crippen molar-refractivity contribution in [2.45, 2.75) is 38.3 Å². The van der Waals surface area contributed by atoms with Gasteiger partial charge in [-0.05, 0) is 49.0 Å². The van der Waals surface area contributed by atoms with Gasteiger partial charge >= 0.3 is 0 Å². The molecule has 0 aliphatic carbocycles. The Balaban J connectivity index is 1.43. The average Bonchev–Trinajstić information content (AvgIpc) is 2.70. The molecule has 6 heteroatoms. The molecule has 1 aromatic heterocycles. The molecule has 0 bridgehead atoms. The minimum absolute atomic E-state index is 0.0922. The summed E-state index contributed by atoms with van der Waals surface area (Å²) in [7, 11) is 0. The van der Waals surface area contributed by atoms with Crippen LogP contribution in [0.15, 0.2) is 54.9 Å². The van der Waals surface area contributed by atoms with Gasteiger partial charge in [0.2, 0.25) is 11.8 Å². The third kappa shape index (κ3) is 6.16. The third-order valence-electron chi connectivity index (χ3n) is 5.27. The molecule has 0 unspecified atom stereocenters. The highest BCUT2D eigenvalue weighted by molar-refractivity contribution is 5.86. The lowest BCUT2D eigenvalue weighted by molar-refractivity contribution is -0.128. The molecule has 3 rings (SSSR count). The van der Waals surface area contributed by atoms with Gasteiger partial charge in [0.05, 0.1) is 0 Å². The quantitative estimate of drug-likeness (QED) is 0.732. The molecular weight excluding hydrogens is 352 g/mol. The van der Waals surface area contributed by atoms with Gasteiger partial charge in [-0.15, -0.1) is 0 Å². The van der Waals surface area contributed by atoms with Gasteiger partial charge in [-0.3, -0.25) is 19.5 Å². The molecular formula is C22H28N4O2. The molecule has 6 nitrogen and oxygen atoms in total. The number of rotatable bonds is 8. The van der Waals surface area contributed by atoms with Crippen LogP contribution in [0.4, 0.5) is 0 Å². The molecule has 148 valence electrons. The number of nitrogens with one attached hydrogen (secondary N) is 1. The van der Waals surface area contributed by atoms with Crippen molar-refractivity contribution in [2.75, 3.05) is 13.1 Å². The van der Waals surface area contributed by atoms with Crippen molar-refractivity contribution in [3.8, 4) is 0 Å². The molecule has 3 N–H and O–H groups in total. The van der Waals surface area contributed by atoms with E-state index in [2.05, 4.69) is 21.3 Å². The summed E-state index contributed by atoms with van der Waals surface area (Å²) in [6.07, 6.45) is 6.51. The van der Waals surface area contributed by atoms with Crippen LogP contribution in [0.3, 0.4) is 0 Å². The second-order valence-electron chi connectivity index (χ2n) is 7.50. The number of carbonyl (C=O) groups is 2. The summed E-state index contributed by atoms with van der Waals surface area (Å²) < 4.78 is 0. The van der Waals surface area contributed by atoms with Gasteiger partial charge < -0.3 is 11.1 Å². The van der Waals surface area contributed by atoms with Crippen LogP contribution in [0.2, 0.25) is 0 Å². The van der Waals surface area contributed by atoms with Gasteiger partial charge in [-0.25, -0.2) is 0 Å². The molecule has 28 heavy (non-hydrogen) atoms. The van der Waals surface area contributed by atoms with Crippen LogP contribution in [0.5, 0.6) is 0 Å². The highest BCUT2D eigenvalue weighted by Gasteiger charge is 2.24. The third-order valence-corrected chi connectivity index (χ3v) is 5.27. The zero-order valence-electron chi connectivity index (χ0n) is 16.1. The predicted octanol–water partition coefficient (Wildman–Crippen LogP) is 1.90. The molecule has 0 spiro atoms. The van der Waals surface area contributed by atoms with Gasteiger partial charge in [0.1, 0.15) is 6.04 Å².